The first-order valence-corrected chi connectivity index (χ1v) is 8.16. The van der Waals surface area contributed by atoms with Crippen molar-refractivity contribution >= 4 is 5.91 Å². The Bertz CT molecular complexity index is 676. The highest BCUT2D eigenvalue weighted by Gasteiger charge is 2.21. The molecule has 0 spiro atoms. The van der Waals surface area contributed by atoms with Gasteiger partial charge in [0.05, 0.1) is 6.54 Å². The number of H-pyrrole nitrogens is 1. The molecular formula is C17H20F2N4O2. The van der Waals surface area contributed by atoms with Crippen molar-refractivity contribution in [3.05, 3.63) is 48.0 Å². The van der Waals surface area contributed by atoms with Crippen molar-refractivity contribution in [1.82, 2.24) is 19.8 Å². The number of hydrogen-bond donors (Lipinski definition) is 1. The number of carbonyl (C=O) groups is 1. The Labute approximate surface area is 144 Å². The van der Waals surface area contributed by atoms with E-state index in [9.17, 15) is 13.6 Å². The summed E-state index contributed by atoms with van der Waals surface area (Å²) < 4.78 is 28.7. The third-order valence-electron chi connectivity index (χ3n) is 4.13. The normalized spacial score (nSPS) is 16.0. The molecule has 1 aromatic carbocycles. The molecule has 0 unspecified atom stereocenters. The summed E-state index contributed by atoms with van der Waals surface area (Å²) in [7, 11) is 0. The van der Waals surface area contributed by atoms with Crippen molar-refractivity contribution in [2.45, 2.75) is 19.6 Å². The summed E-state index contributed by atoms with van der Waals surface area (Å²) in [4.78, 5) is 24.0. The van der Waals surface area contributed by atoms with Crippen molar-refractivity contribution in [3.8, 4) is 5.75 Å². The fraction of sp³-hybridized carbons (Fsp3) is 0.412. The zero-order chi connectivity index (χ0) is 17.6. The molecule has 0 aliphatic carbocycles. The zero-order valence-corrected chi connectivity index (χ0v) is 13.7. The molecule has 0 saturated carbocycles. The third kappa shape index (κ3) is 4.76. The van der Waals surface area contributed by atoms with Crippen LogP contribution in [-0.4, -0.2) is 58.5 Å². The van der Waals surface area contributed by atoms with Crippen molar-refractivity contribution in [1.29, 1.82) is 0 Å². The molecule has 1 aliphatic rings. The van der Waals surface area contributed by atoms with Gasteiger partial charge in [0.1, 0.15) is 11.6 Å². The number of alkyl halides is 2. The van der Waals surface area contributed by atoms with E-state index in [1.54, 1.807) is 17.3 Å². The lowest BCUT2D eigenvalue weighted by atomic mass is 10.2. The molecule has 2 heterocycles. The Morgan fingerprint density at radius 3 is 2.68 bits per heavy atom. The molecule has 8 heteroatoms. The minimum atomic E-state index is -2.87. The molecule has 1 aliphatic heterocycles. The lowest BCUT2D eigenvalue weighted by molar-refractivity contribution is -0.0498. The van der Waals surface area contributed by atoms with Crippen LogP contribution in [0.4, 0.5) is 8.78 Å². The van der Waals surface area contributed by atoms with E-state index in [0.29, 0.717) is 18.7 Å². The van der Waals surface area contributed by atoms with E-state index in [2.05, 4.69) is 19.6 Å². The van der Waals surface area contributed by atoms with Gasteiger partial charge in [-0.3, -0.25) is 9.69 Å². The van der Waals surface area contributed by atoms with Gasteiger partial charge in [-0.05, 0) is 30.7 Å². The number of halogens is 2. The van der Waals surface area contributed by atoms with Gasteiger partial charge in [0.15, 0.2) is 0 Å². The topological polar surface area (TPSA) is 61.5 Å². The molecule has 1 N–H and O–H groups in total. The maximum absolute atomic E-state index is 12.6. The summed E-state index contributed by atoms with van der Waals surface area (Å²) in [6.45, 7) is 0.809. The monoisotopic (exact) mass is 350 g/mol. The van der Waals surface area contributed by atoms with Crippen molar-refractivity contribution < 1.29 is 18.3 Å². The van der Waals surface area contributed by atoms with Gasteiger partial charge in [-0.25, -0.2) is 4.98 Å². The fourth-order valence-electron chi connectivity index (χ4n) is 2.89. The minimum Gasteiger partial charge on any atom is -0.435 e. The number of amides is 1. The summed E-state index contributed by atoms with van der Waals surface area (Å²) >= 11 is 0. The van der Waals surface area contributed by atoms with Crippen LogP contribution in [0.15, 0.2) is 36.7 Å². The number of aromatic amines is 1. The summed E-state index contributed by atoms with van der Waals surface area (Å²) in [5.41, 5.74) is 0.473. The summed E-state index contributed by atoms with van der Waals surface area (Å²) in [5.74, 6) is 0.866. The Hall–Kier alpha value is -2.48. The zero-order valence-electron chi connectivity index (χ0n) is 13.7. The van der Waals surface area contributed by atoms with E-state index >= 15 is 0 Å². The van der Waals surface area contributed by atoms with Crippen molar-refractivity contribution in [2.24, 2.45) is 0 Å². The molecule has 0 radical (unpaired) electrons. The highest BCUT2D eigenvalue weighted by atomic mass is 19.3. The molecule has 1 amide bonds. The number of imidazole rings is 1. The number of carbonyl (C=O) groups excluding carboxylic acids is 1. The van der Waals surface area contributed by atoms with Gasteiger partial charge >= 0.3 is 6.61 Å². The third-order valence-corrected chi connectivity index (χ3v) is 4.13. The van der Waals surface area contributed by atoms with Gasteiger partial charge in [-0.2, -0.15) is 8.78 Å². The molecule has 6 nitrogen and oxygen atoms in total. The predicted octanol–water partition coefficient (Wildman–Crippen LogP) is 2.36. The SMILES string of the molecule is O=C(c1ccc(OC(F)F)cc1)N1CCCN(Cc2ncc[nH]2)CC1. The smallest absolute Gasteiger partial charge is 0.387 e. The van der Waals surface area contributed by atoms with E-state index in [0.717, 1.165) is 31.9 Å². The second-order valence-electron chi connectivity index (χ2n) is 5.86. The van der Waals surface area contributed by atoms with Crippen LogP contribution in [0.25, 0.3) is 0 Å². The molecule has 1 saturated heterocycles. The van der Waals surface area contributed by atoms with Gasteiger partial charge in [-0.15, -0.1) is 0 Å². The number of ether oxygens (including phenoxy) is 1. The maximum atomic E-state index is 12.6. The average molecular weight is 350 g/mol. The summed E-state index contributed by atoms with van der Waals surface area (Å²) in [6.07, 6.45) is 4.40. The lowest BCUT2D eigenvalue weighted by Crippen LogP contribution is -2.35. The highest BCUT2D eigenvalue weighted by molar-refractivity contribution is 5.94. The van der Waals surface area contributed by atoms with Crippen LogP contribution < -0.4 is 4.74 Å². The molecule has 2 aromatic rings. The molecule has 1 aromatic heterocycles. The Morgan fingerprint density at radius 2 is 2.00 bits per heavy atom. The quantitative estimate of drug-likeness (QED) is 0.899. The van der Waals surface area contributed by atoms with Crippen LogP contribution in [0.3, 0.4) is 0 Å². The van der Waals surface area contributed by atoms with Crippen LogP contribution in [0.2, 0.25) is 0 Å². The summed E-state index contributed by atoms with van der Waals surface area (Å²) in [5, 5.41) is 0. The van der Waals surface area contributed by atoms with Crippen LogP contribution in [-0.2, 0) is 6.54 Å². The molecule has 1 fully saturated rings. The number of rotatable bonds is 5. The number of nitrogens with one attached hydrogen (secondary N) is 1. The predicted molar refractivity (Wildman–Crippen MR) is 87.5 cm³/mol. The van der Waals surface area contributed by atoms with Gasteiger partial charge in [0.25, 0.3) is 5.91 Å². The number of hydrogen-bond acceptors (Lipinski definition) is 4. The average Bonchev–Trinajstić information content (AvgIpc) is 2.99. The van der Waals surface area contributed by atoms with Crippen LogP contribution in [0.5, 0.6) is 5.75 Å². The van der Waals surface area contributed by atoms with E-state index in [1.807, 2.05) is 0 Å². The van der Waals surface area contributed by atoms with Gasteiger partial charge < -0.3 is 14.6 Å². The molecule has 134 valence electrons. The first-order valence-electron chi connectivity index (χ1n) is 8.16. The Balaban J connectivity index is 1.57. The highest BCUT2D eigenvalue weighted by Crippen LogP contribution is 2.17. The van der Waals surface area contributed by atoms with E-state index in [-0.39, 0.29) is 11.7 Å². The van der Waals surface area contributed by atoms with Crippen LogP contribution >= 0.6 is 0 Å². The first kappa shape index (κ1) is 17.3. The lowest BCUT2D eigenvalue weighted by Gasteiger charge is -2.21. The second kappa shape index (κ2) is 8.06. The van der Waals surface area contributed by atoms with Gasteiger partial charge in [0.2, 0.25) is 0 Å². The number of nitrogens with zero attached hydrogens (tertiary/aromatic N) is 3. The Morgan fingerprint density at radius 1 is 1.20 bits per heavy atom. The van der Waals surface area contributed by atoms with Crippen molar-refractivity contribution in [2.75, 3.05) is 26.2 Å². The molecule has 25 heavy (non-hydrogen) atoms. The fourth-order valence-corrected chi connectivity index (χ4v) is 2.89. The minimum absolute atomic E-state index is 0.0482. The second-order valence-corrected chi connectivity index (χ2v) is 5.86. The van der Waals surface area contributed by atoms with Crippen LogP contribution in [0, 0.1) is 0 Å². The molecular weight excluding hydrogens is 330 g/mol. The maximum Gasteiger partial charge on any atom is 0.387 e. The van der Waals surface area contributed by atoms with Crippen molar-refractivity contribution in [3.63, 3.8) is 0 Å². The van der Waals surface area contributed by atoms with Gasteiger partial charge in [-0.1, -0.05) is 0 Å². The van der Waals surface area contributed by atoms with Gasteiger partial charge in [0, 0.05) is 44.1 Å². The van der Waals surface area contributed by atoms with E-state index in [4.69, 9.17) is 0 Å². The van der Waals surface area contributed by atoms with E-state index in [1.165, 1.54) is 24.3 Å². The number of benzene rings is 1. The molecule has 0 bridgehead atoms. The number of aromatic nitrogens is 2. The largest absolute Gasteiger partial charge is 0.435 e. The molecule has 0 atom stereocenters. The summed E-state index contributed by atoms with van der Waals surface area (Å²) in [6, 6.07) is 5.82. The molecule has 3 rings (SSSR count). The Kier molecular flexibility index (Phi) is 5.60. The standard InChI is InChI=1S/C17H20F2N4O2/c18-17(19)25-14-4-2-13(3-5-14)16(24)23-9-1-8-22(10-11-23)12-15-20-6-7-21-15/h2-7,17H,1,8-12H2,(H,20,21). The first-order chi connectivity index (χ1) is 12.1. The van der Waals surface area contributed by atoms with Crippen LogP contribution in [0.1, 0.15) is 22.6 Å². The van der Waals surface area contributed by atoms with E-state index < -0.39 is 6.61 Å².